The van der Waals surface area contributed by atoms with E-state index in [1.165, 1.54) is 0 Å². The molecule has 1 aromatic heterocycles. The minimum atomic E-state index is 0.00778. The third-order valence-electron chi connectivity index (χ3n) is 2.26. The number of nitrogens with one attached hydrogen (secondary N) is 2. The number of carbonyl (C=O) groups is 1. The maximum Gasteiger partial charge on any atom is 0.225 e. The first-order chi connectivity index (χ1) is 6.79. The van der Waals surface area contributed by atoms with Gasteiger partial charge in [0, 0.05) is 25.6 Å². The second-order valence-corrected chi connectivity index (χ2v) is 3.32. The van der Waals surface area contributed by atoms with Crippen LogP contribution in [0.3, 0.4) is 0 Å². The summed E-state index contributed by atoms with van der Waals surface area (Å²) in [6.45, 7) is 4.47. The predicted octanol–water partition coefficient (Wildman–Crippen LogP) is 0.335. The zero-order valence-electron chi connectivity index (χ0n) is 8.21. The van der Waals surface area contributed by atoms with Gasteiger partial charge < -0.3 is 10.6 Å². The second kappa shape index (κ2) is 3.79. The topological polar surface area (TPSA) is 59.0 Å². The average molecular weight is 194 g/mol. The Labute approximate surface area is 82.5 Å². The lowest BCUT2D eigenvalue weighted by Crippen LogP contribution is -2.28. The highest BCUT2D eigenvalue weighted by Gasteiger charge is 2.12. The Balaban J connectivity index is 2.12. The Kier molecular flexibility index (Phi) is 2.49. The lowest BCUT2D eigenvalue weighted by molar-refractivity contribution is -0.115. The van der Waals surface area contributed by atoms with Gasteiger partial charge in [-0.25, -0.2) is 0 Å². The highest BCUT2D eigenvalue weighted by molar-refractivity contribution is 5.89. The molecule has 0 saturated heterocycles. The van der Waals surface area contributed by atoms with Crippen LogP contribution in [0.2, 0.25) is 0 Å². The maximum atomic E-state index is 11.1. The summed E-state index contributed by atoms with van der Waals surface area (Å²) in [5.74, 6) is 0.670. The number of carbonyl (C=O) groups excluding carboxylic acids is 1. The van der Waals surface area contributed by atoms with E-state index < -0.39 is 0 Å². The molecule has 0 saturated carbocycles. The number of aromatic nitrogens is 2. The number of hydrogen-bond acceptors (Lipinski definition) is 3. The summed E-state index contributed by atoms with van der Waals surface area (Å²) < 4.78 is 1.93. The van der Waals surface area contributed by atoms with Crippen molar-refractivity contribution in [2.24, 2.45) is 0 Å². The molecule has 5 heteroatoms. The molecule has 0 fully saturated rings. The van der Waals surface area contributed by atoms with Gasteiger partial charge in [-0.15, -0.1) is 0 Å². The largest absolute Gasteiger partial charge is 0.309 e. The van der Waals surface area contributed by atoms with E-state index in [0.717, 1.165) is 25.3 Å². The van der Waals surface area contributed by atoms with Crippen molar-refractivity contribution in [3.05, 3.63) is 11.8 Å². The number of amides is 1. The fourth-order valence-corrected chi connectivity index (χ4v) is 1.49. The molecule has 0 atom stereocenters. The summed E-state index contributed by atoms with van der Waals surface area (Å²) >= 11 is 0. The van der Waals surface area contributed by atoms with Crippen molar-refractivity contribution < 1.29 is 4.79 Å². The van der Waals surface area contributed by atoms with Crippen LogP contribution in [0.5, 0.6) is 0 Å². The van der Waals surface area contributed by atoms with Crippen LogP contribution in [-0.4, -0.2) is 22.2 Å². The molecule has 0 bridgehead atoms. The van der Waals surface area contributed by atoms with Gasteiger partial charge in [-0.2, -0.15) is 5.10 Å². The van der Waals surface area contributed by atoms with Gasteiger partial charge >= 0.3 is 0 Å². The molecule has 1 aliphatic heterocycles. The van der Waals surface area contributed by atoms with E-state index in [1.807, 2.05) is 17.7 Å². The Bertz CT molecular complexity index is 321. The second-order valence-electron chi connectivity index (χ2n) is 3.32. The quantitative estimate of drug-likeness (QED) is 0.713. The van der Waals surface area contributed by atoms with E-state index in [1.54, 1.807) is 0 Å². The lowest BCUT2D eigenvalue weighted by Gasteiger charge is -2.13. The van der Waals surface area contributed by atoms with Crippen LogP contribution in [0, 0.1) is 0 Å². The van der Waals surface area contributed by atoms with Crippen molar-refractivity contribution in [3.8, 4) is 0 Å². The lowest BCUT2D eigenvalue weighted by atomic mass is 10.3. The van der Waals surface area contributed by atoms with E-state index in [-0.39, 0.29) is 5.91 Å². The van der Waals surface area contributed by atoms with Crippen LogP contribution in [0.1, 0.15) is 19.0 Å². The van der Waals surface area contributed by atoms with Gasteiger partial charge in [-0.3, -0.25) is 9.48 Å². The molecule has 5 nitrogen and oxygen atoms in total. The Hall–Kier alpha value is -1.36. The van der Waals surface area contributed by atoms with E-state index in [0.29, 0.717) is 12.2 Å². The highest BCUT2D eigenvalue weighted by atomic mass is 16.1. The van der Waals surface area contributed by atoms with Crippen molar-refractivity contribution in [3.63, 3.8) is 0 Å². The molecule has 0 aromatic carbocycles. The first-order valence-electron chi connectivity index (χ1n) is 4.87. The third-order valence-corrected chi connectivity index (χ3v) is 2.26. The molecule has 0 spiro atoms. The van der Waals surface area contributed by atoms with E-state index in [4.69, 9.17) is 0 Å². The molecule has 2 rings (SSSR count). The Morgan fingerprint density at radius 1 is 1.79 bits per heavy atom. The van der Waals surface area contributed by atoms with E-state index in [9.17, 15) is 4.79 Å². The molecule has 14 heavy (non-hydrogen) atoms. The minimum absolute atomic E-state index is 0.00778. The fourth-order valence-electron chi connectivity index (χ4n) is 1.49. The van der Waals surface area contributed by atoms with Crippen molar-refractivity contribution in [1.29, 1.82) is 0 Å². The standard InChI is InChI=1S/C9H14N4O/c1-2-9(14)11-8-5-7-6-10-3-4-13(7)12-8/h5,10H,2-4,6H2,1H3,(H,11,12,14). The summed E-state index contributed by atoms with van der Waals surface area (Å²) in [5, 5.41) is 10.3. The predicted molar refractivity (Wildman–Crippen MR) is 52.9 cm³/mol. The number of fused-ring (bicyclic) bond motifs is 1. The normalized spacial score (nSPS) is 14.9. The van der Waals surface area contributed by atoms with Gasteiger partial charge in [0.25, 0.3) is 0 Å². The van der Waals surface area contributed by atoms with Crippen LogP contribution in [0.25, 0.3) is 0 Å². The molecule has 1 amide bonds. The molecule has 0 unspecified atom stereocenters. The molecule has 2 N–H and O–H groups in total. The Morgan fingerprint density at radius 2 is 2.64 bits per heavy atom. The molecule has 1 aromatic rings. The molecular weight excluding hydrogens is 180 g/mol. The summed E-state index contributed by atoms with van der Waals surface area (Å²) in [6, 6.07) is 1.92. The van der Waals surface area contributed by atoms with Crippen LogP contribution in [-0.2, 0) is 17.9 Å². The van der Waals surface area contributed by atoms with E-state index >= 15 is 0 Å². The summed E-state index contributed by atoms with van der Waals surface area (Å²) in [6.07, 6.45) is 0.487. The minimum Gasteiger partial charge on any atom is -0.309 e. The molecule has 1 aliphatic rings. The number of nitrogens with zero attached hydrogens (tertiary/aromatic N) is 2. The van der Waals surface area contributed by atoms with Crippen molar-refractivity contribution >= 4 is 11.7 Å². The van der Waals surface area contributed by atoms with Gasteiger partial charge in [-0.05, 0) is 0 Å². The van der Waals surface area contributed by atoms with Crippen molar-refractivity contribution in [2.75, 3.05) is 11.9 Å². The Morgan fingerprint density at radius 3 is 3.36 bits per heavy atom. The molecule has 0 aliphatic carbocycles. The van der Waals surface area contributed by atoms with E-state index in [2.05, 4.69) is 15.7 Å². The van der Waals surface area contributed by atoms with Gasteiger partial charge in [0.2, 0.25) is 5.91 Å². The van der Waals surface area contributed by atoms with Gasteiger partial charge in [0.05, 0.1) is 12.2 Å². The summed E-state index contributed by atoms with van der Waals surface area (Å²) in [4.78, 5) is 11.1. The average Bonchev–Trinajstić information content (AvgIpc) is 2.59. The monoisotopic (exact) mass is 194 g/mol. The summed E-state index contributed by atoms with van der Waals surface area (Å²) in [7, 11) is 0. The van der Waals surface area contributed by atoms with Crippen molar-refractivity contribution in [1.82, 2.24) is 15.1 Å². The van der Waals surface area contributed by atoms with Crippen LogP contribution >= 0.6 is 0 Å². The fraction of sp³-hybridized carbons (Fsp3) is 0.556. The molecule has 76 valence electrons. The van der Waals surface area contributed by atoms with Crippen LogP contribution < -0.4 is 10.6 Å². The number of rotatable bonds is 2. The zero-order valence-corrected chi connectivity index (χ0v) is 8.21. The SMILES string of the molecule is CCC(=O)Nc1cc2n(n1)CCNC2. The molecule has 2 heterocycles. The smallest absolute Gasteiger partial charge is 0.225 e. The first-order valence-corrected chi connectivity index (χ1v) is 4.87. The zero-order chi connectivity index (χ0) is 9.97. The maximum absolute atomic E-state index is 11.1. The first kappa shape index (κ1) is 9.21. The van der Waals surface area contributed by atoms with Crippen molar-refractivity contribution in [2.45, 2.75) is 26.4 Å². The third kappa shape index (κ3) is 1.77. The van der Waals surface area contributed by atoms with Crippen LogP contribution in [0.15, 0.2) is 6.07 Å². The highest BCUT2D eigenvalue weighted by Crippen LogP contribution is 2.11. The molecule has 0 radical (unpaired) electrons. The van der Waals surface area contributed by atoms with Crippen LogP contribution in [0.4, 0.5) is 5.82 Å². The summed E-state index contributed by atoms with van der Waals surface area (Å²) in [5.41, 5.74) is 1.13. The van der Waals surface area contributed by atoms with Gasteiger partial charge in [0.15, 0.2) is 5.82 Å². The van der Waals surface area contributed by atoms with Gasteiger partial charge in [0.1, 0.15) is 0 Å². The number of hydrogen-bond donors (Lipinski definition) is 2. The number of anilines is 1. The molecular formula is C9H14N4O. The van der Waals surface area contributed by atoms with Gasteiger partial charge in [-0.1, -0.05) is 6.92 Å².